The van der Waals surface area contributed by atoms with Gasteiger partial charge in [0.1, 0.15) is 0 Å². The molecule has 0 heterocycles. The normalized spacial score (nSPS) is 10.3. The summed E-state index contributed by atoms with van der Waals surface area (Å²) in [7, 11) is 1.69. The fourth-order valence-corrected chi connectivity index (χ4v) is 2.14. The minimum atomic E-state index is -0.314. The number of nitrogens with one attached hydrogen (secondary N) is 1. The monoisotopic (exact) mass is 284 g/mol. The molecule has 2 aromatic rings. The van der Waals surface area contributed by atoms with Gasteiger partial charge in [-0.05, 0) is 28.8 Å². The Morgan fingerprint density at radius 1 is 1.10 bits per heavy atom. The maximum atomic E-state index is 10.8. The van der Waals surface area contributed by atoms with Crippen LogP contribution in [-0.2, 0) is 29.1 Å². The summed E-state index contributed by atoms with van der Waals surface area (Å²) in [5, 5.41) is 3.35. The van der Waals surface area contributed by atoms with Crippen LogP contribution in [0, 0.1) is 0 Å². The van der Waals surface area contributed by atoms with E-state index in [0.29, 0.717) is 6.61 Å². The summed E-state index contributed by atoms with van der Waals surface area (Å²) in [5.74, 6) is -0.314. The van der Waals surface area contributed by atoms with Crippen molar-refractivity contribution in [3.05, 3.63) is 65.2 Å². The number of hydrogen-bond acceptors (Lipinski definition) is 3. The molecule has 0 unspecified atom stereocenters. The molecule has 0 aliphatic carbocycles. The number of benzene rings is 2. The highest BCUT2D eigenvalue weighted by Gasteiger charge is 2.00. The van der Waals surface area contributed by atoms with Gasteiger partial charge in [-0.25, -0.2) is 0 Å². The molecular formula is C17H20N2O2. The Labute approximate surface area is 124 Å². The molecule has 0 saturated carbocycles. The van der Waals surface area contributed by atoms with Gasteiger partial charge < -0.3 is 15.8 Å². The van der Waals surface area contributed by atoms with Gasteiger partial charge in [-0.1, -0.05) is 36.4 Å². The predicted octanol–water partition coefficient (Wildman–Crippen LogP) is 2.47. The van der Waals surface area contributed by atoms with Crippen LogP contribution in [0.5, 0.6) is 0 Å². The summed E-state index contributed by atoms with van der Waals surface area (Å²) < 4.78 is 5.13. The van der Waals surface area contributed by atoms with Crippen molar-refractivity contribution in [2.24, 2.45) is 5.73 Å². The van der Waals surface area contributed by atoms with Crippen molar-refractivity contribution in [1.29, 1.82) is 0 Å². The highest BCUT2D eigenvalue weighted by molar-refractivity contribution is 5.76. The molecule has 0 saturated heterocycles. The number of amides is 1. The fraction of sp³-hybridized carbons (Fsp3) is 0.235. The van der Waals surface area contributed by atoms with Crippen LogP contribution in [0.1, 0.15) is 16.7 Å². The van der Waals surface area contributed by atoms with Crippen LogP contribution < -0.4 is 11.1 Å². The lowest BCUT2D eigenvalue weighted by atomic mass is 10.1. The summed E-state index contributed by atoms with van der Waals surface area (Å²) >= 11 is 0. The third-order valence-corrected chi connectivity index (χ3v) is 3.13. The average molecular weight is 284 g/mol. The first-order valence-corrected chi connectivity index (χ1v) is 6.85. The van der Waals surface area contributed by atoms with Gasteiger partial charge in [-0.15, -0.1) is 0 Å². The molecule has 0 atom stereocenters. The van der Waals surface area contributed by atoms with Gasteiger partial charge in [-0.3, -0.25) is 4.79 Å². The minimum Gasteiger partial charge on any atom is -0.381 e. The van der Waals surface area contributed by atoms with Crippen LogP contribution in [0.4, 0.5) is 5.69 Å². The first-order valence-electron chi connectivity index (χ1n) is 6.85. The molecule has 110 valence electrons. The highest BCUT2D eigenvalue weighted by Crippen LogP contribution is 2.13. The van der Waals surface area contributed by atoms with Crippen molar-refractivity contribution in [2.75, 3.05) is 12.4 Å². The molecule has 0 bridgehead atoms. The van der Waals surface area contributed by atoms with Crippen LogP contribution in [0.3, 0.4) is 0 Å². The number of carbonyl (C=O) groups is 1. The molecular weight excluding hydrogens is 264 g/mol. The number of hydrogen-bond donors (Lipinski definition) is 2. The van der Waals surface area contributed by atoms with Crippen molar-refractivity contribution in [3.8, 4) is 0 Å². The van der Waals surface area contributed by atoms with E-state index in [9.17, 15) is 4.79 Å². The number of primary amides is 1. The summed E-state index contributed by atoms with van der Waals surface area (Å²) in [4.78, 5) is 10.8. The number of ether oxygens (including phenoxy) is 1. The predicted molar refractivity (Wildman–Crippen MR) is 83.8 cm³/mol. The second kappa shape index (κ2) is 7.45. The van der Waals surface area contributed by atoms with Gasteiger partial charge in [0.05, 0.1) is 13.0 Å². The molecule has 0 spiro atoms. The number of anilines is 1. The van der Waals surface area contributed by atoms with Gasteiger partial charge in [0.15, 0.2) is 0 Å². The zero-order valence-electron chi connectivity index (χ0n) is 12.1. The molecule has 1 amide bonds. The lowest BCUT2D eigenvalue weighted by molar-refractivity contribution is -0.117. The van der Waals surface area contributed by atoms with E-state index in [1.165, 1.54) is 5.56 Å². The molecule has 0 radical (unpaired) electrons. The molecule has 0 fully saturated rings. The topological polar surface area (TPSA) is 64.3 Å². The van der Waals surface area contributed by atoms with E-state index in [4.69, 9.17) is 10.5 Å². The molecule has 21 heavy (non-hydrogen) atoms. The first-order chi connectivity index (χ1) is 10.2. The van der Waals surface area contributed by atoms with Gasteiger partial charge in [0.25, 0.3) is 0 Å². The molecule has 0 aliphatic rings. The molecule has 0 aromatic heterocycles. The summed E-state index contributed by atoms with van der Waals surface area (Å²) in [6.07, 6.45) is 0.277. The highest BCUT2D eigenvalue weighted by atomic mass is 16.5. The molecule has 2 rings (SSSR count). The molecule has 4 nitrogen and oxygen atoms in total. The van der Waals surface area contributed by atoms with Crippen molar-refractivity contribution in [1.82, 2.24) is 0 Å². The Morgan fingerprint density at radius 2 is 1.81 bits per heavy atom. The largest absolute Gasteiger partial charge is 0.381 e. The van der Waals surface area contributed by atoms with E-state index in [1.54, 1.807) is 7.11 Å². The van der Waals surface area contributed by atoms with Gasteiger partial charge in [-0.2, -0.15) is 0 Å². The Hall–Kier alpha value is -2.33. The standard InChI is InChI=1S/C17H20N2O2/c1-21-12-15-4-2-3-14(9-15)11-19-16-7-5-13(6-8-16)10-17(18)20/h2-9,19H,10-12H2,1H3,(H2,18,20). The molecule has 3 N–H and O–H groups in total. The number of nitrogens with two attached hydrogens (primary N) is 1. The van der Waals surface area contributed by atoms with Crippen LogP contribution in [0.15, 0.2) is 48.5 Å². The molecule has 2 aromatic carbocycles. The van der Waals surface area contributed by atoms with Crippen LogP contribution >= 0.6 is 0 Å². The number of rotatable bonds is 7. The second-order valence-electron chi connectivity index (χ2n) is 4.95. The van der Waals surface area contributed by atoms with Crippen LogP contribution in [0.25, 0.3) is 0 Å². The van der Waals surface area contributed by atoms with E-state index in [2.05, 4.69) is 17.4 Å². The van der Waals surface area contributed by atoms with Crippen LogP contribution in [-0.4, -0.2) is 13.0 Å². The van der Waals surface area contributed by atoms with E-state index in [-0.39, 0.29) is 12.3 Å². The lowest BCUT2D eigenvalue weighted by Crippen LogP contribution is -2.13. The SMILES string of the molecule is COCc1cccc(CNc2ccc(CC(N)=O)cc2)c1. The Balaban J connectivity index is 1.93. The number of carbonyl (C=O) groups excluding carboxylic acids is 1. The average Bonchev–Trinajstić information content (AvgIpc) is 2.47. The lowest BCUT2D eigenvalue weighted by Gasteiger charge is -2.09. The van der Waals surface area contributed by atoms with Gasteiger partial charge >= 0.3 is 0 Å². The zero-order chi connectivity index (χ0) is 15.1. The molecule has 4 heteroatoms. The second-order valence-corrected chi connectivity index (χ2v) is 4.95. The van der Waals surface area contributed by atoms with E-state index in [1.807, 2.05) is 36.4 Å². The Morgan fingerprint density at radius 3 is 2.48 bits per heavy atom. The first kappa shape index (κ1) is 15.1. The van der Waals surface area contributed by atoms with E-state index >= 15 is 0 Å². The van der Waals surface area contributed by atoms with Crippen molar-refractivity contribution < 1.29 is 9.53 Å². The maximum absolute atomic E-state index is 10.8. The van der Waals surface area contributed by atoms with Crippen molar-refractivity contribution in [2.45, 2.75) is 19.6 Å². The van der Waals surface area contributed by atoms with Crippen molar-refractivity contribution in [3.63, 3.8) is 0 Å². The summed E-state index contributed by atoms with van der Waals surface area (Å²) in [6, 6.07) is 16.0. The third-order valence-electron chi connectivity index (χ3n) is 3.13. The van der Waals surface area contributed by atoms with Gasteiger partial charge in [0, 0.05) is 19.3 Å². The maximum Gasteiger partial charge on any atom is 0.221 e. The van der Waals surface area contributed by atoms with Gasteiger partial charge in [0.2, 0.25) is 5.91 Å². The van der Waals surface area contributed by atoms with Crippen LogP contribution in [0.2, 0.25) is 0 Å². The van der Waals surface area contributed by atoms with E-state index in [0.717, 1.165) is 23.4 Å². The smallest absolute Gasteiger partial charge is 0.221 e. The summed E-state index contributed by atoms with van der Waals surface area (Å²) in [5.41, 5.74) is 9.47. The minimum absolute atomic E-state index is 0.277. The zero-order valence-corrected chi connectivity index (χ0v) is 12.1. The quantitative estimate of drug-likeness (QED) is 0.821. The van der Waals surface area contributed by atoms with E-state index < -0.39 is 0 Å². The number of methoxy groups -OCH3 is 1. The molecule has 0 aliphatic heterocycles. The van der Waals surface area contributed by atoms with Crippen molar-refractivity contribution >= 4 is 11.6 Å². The fourth-order valence-electron chi connectivity index (χ4n) is 2.14. The Kier molecular flexibility index (Phi) is 5.35. The summed E-state index contributed by atoms with van der Waals surface area (Å²) in [6.45, 7) is 1.36. The Bertz CT molecular complexity index is 594. The third kappa shape index (κ3) is 4.93.